The highest BCUT2D eigenvalue weighted by atomic mass is 127. The number of carbonyl (C=O) groups excluding carboxylic acids is 1. The van der Waals surface area contributed by atoms with E-state index in [1.165, 1.54) is 12.8 Å². The number of fused-ring (bicyclic) bond motifs is 1. The topological polar surface area (TPSA) is 86.9 Å². The lowest BCUT2D eigenvalue weighted by Gasteiger charge is -2.30. The highest BCUT2D eigenvalue weighted by Gasteiger charge is 2.26. The fourth-order valence-corrected chi connectivity index (χ4v) is 5.53. The number of alkyl halides is 1. The number of anilines is 1. The fourth-order valence-electron chi connectivity index (χ4n) is 4.81. The van der Waals surface area contributed by atoms with E-state index >= 15 is 0 Å². The molecular weight excluding hydrogens is 555 g/mol. The van der Waals surface area contributed by atoms with Crippen molar-refractivity contribution in [3.8, 4) is 17.0 Å². The number of aryl methyl sites for hydroxylation is 1. The first-order valence-electron chi connectivity index (χ1n) is 11.9. The van der Waals surface area contributed by atoms with Crippen molar-refractivity contribution < 1.29 is 9.53 Å². The van der Waals surface area contributed by atoms with Crippen LogP contribution in [0.1, 0.15) is 49.1 Å². The Balaban J connectivity index is 1.37. The van der Waals surface area contributed by atoms with Gasteiger partial charge >= 0.3 is 0 Å². The molecule has 35 heavy (non-hydrogen) atoms. The van der Waals surface area contributed by atoms with Crippen LogP contribution in [0.4, 0.5) is 5.69 Å². The Bertz CT molecular complexity index is 1350. The number of methoxy groups -OCH3 is 1. The van der Waals surface area contributed by atoms with Crippen molar-refractivity contribution in [3.05, 3.63) is 54.6 Å². The number of nitrogens with one attached hydrogen (secondary N) is 1. The first-order chi connectivity index (χ1) is 16.9. The largest absolute Gasteiger partial charge is 0.494 e. The molecule has 1 unspecified atom stereocenters. The lowest BCUT2D eigenvalue weighted by molar-refractivity contribution is 0.102. The molecule has 5 rings (SSSR count). The van der Waals surface area contributed by atoms with Gasteiger partial charge in [0.1, 0.15) is 11.4 Å². The third-order valence-corrected chi connectivity index (χ3v) is 7.86. The van der Waals surface area contributed by atoms with E-state index in [9.17, 15) is 4.79 Å². The highest BCUT2D eigenvalue weighted by Crippen LogP contribution is 2.37. The summed E-state index contributed by atoms with van der Waals surface area (Å²) in [5.74, 6) is 1.07. The summed E-state index contributed by atoms with van der Waals surface area (Å²) in [7, 11) is 3.45. The van der Waals surface area contributed by atoms with E-state index in [0.29, 0.717) is 32.8 Å². The number of amides is 1. The van der Waals surface area contributed by atoms with Gasteiger partial charge in [-0.25, -0.2) is 4.98 Å². The molecule has 3 aromatic heterocycles. The number of benzene rings is 1. The highest BCUT2D eigenvalue weighted by molar-refractivity contribution is 14.1. The molecular formula is C26H29IN6O2. The summed E-state index contributed by atoms with van der Waals surface area (Å²) in [6, 6.07) is 9.62. The maximum absolute atomic E-state index is 13.1. The Morgan fingerprint density at radius 1 is 1.20 bits per heavy atom. The van der Waals surface area contributed by atoms with Crippen LogP contribution in [0.15, 0.2) is 48.9 Å². The molecule has 1 saturated carbocycles. The number of pyridine rings is 1. The molecule has 182 valence electrons. The van der Waals surface area contributed by atoms with Crippen molar-refractivity contribution in [2.75, 3.05) is 12.4 Å². The van der Waals surface area contributed by atoms with Crippen molar-refractivity contribution in [1.82, 2.24) is 24.5 Å². The molecule has 1 N–H and O–H groups in total. The smallest absolute Gasteiger partial charge is 0.274 e. The fraction of sp³-hybridized carbons (Fsp3) is 0.385. The molecule has 0 radical (unpaired) electrons. The number of hydrogen-bond donors (Lipinski definition) is 1. The molecule has 1 aromatic carbocycles. The van der Waals surface area contributed by atoms with Crippen molar-refractivity contribution in [3.63, 3.8) is 0 Å². The SMILES string of the molecule is COc1cc2nn([C@H]3CC[C@H](C(C)I)CC3)cc2cc1NC(=O)c1cccc(-c2cnn(C)c2)n1. The van der Waals surface area contributed by atoms with E-state index in [2.05, 4.69) is 55.8 Å². The zero-order valence-corrected chi connectivity index (χ0v) is 22.3. The maximum Gasteiger partial charge on any atom is 0.274 e. The van der Waals surface area contributed by atoms with Crippen molar-refractivity contribution in [2.45, 2.75) is 42.6 Å². The minimum Gasteiger partial charge on any atom is -0.494 e. The molecule has 4 aromatic rings. The van der Waals surface area contributed by atoms with Crippen molar-refractivity contribution >= 4 is 45.1 Å². The molecule has 3 heterocycles. The Kier molecular flexibility index (Phi) is 6.77. The van der Waals surface area contributed by atoms with E-state index in [0.717, 1.165) is 35.2 Å². The van der Waals surface area contributed by atoms with Gasteiger partial charge in [-0.3, -0.25) is 14.2 Å². The number of aromatic nitrogens is 5. The quantitative estimate of drug-likeness (QED) is 0.234. The third-order valence-electron chi connectivity index (χ3n) is 6.84. The first-order valence-corrected chi connectivity index (χ1v) is 13.1. The molecule has 0 spiro atoms. The first kappa shape index (κ1) is 23.8. The van der Waals surface area contributed by atoms with Crippen LogP contribution in [0.2, 0.25) is 0 Å². The Morgan fingerprint density at radius 3 is 2.69 bits per heavy atom. The summed E-state index contributed by atoms with van der Waals surface area (Å²) < 4.78 is 10.1. The second-order valence-electron chi connectivity index (χ2n) is 9.23. The molecule has 1 fully saturated rings. The molecule has 8 nitrogen and oxygen atoms in total. The van der Waals surface area contributed by atoms with Crippen LogP contribution in [0.3, 0.4) is 0 Å². The van der Waals surface area contributed by atoms with E-state index in [4.69, 9.17) is 9.84 Å². The molecule has 0 saturated heterocycles. The van der Waals surface area contributed by atoms with Gasteiger partial charge in [-0.2, -0.15) is 10.2 Å². The molecule has 1 aliphatic carbocycles. The normalized spacial score (nSPS) is 19.0. The molecule has 0 aliphatic heterocycles. The second-order valence-corrected chi connectivity index (χ2v) is 11.2. The van der Waals surface area contributed by atoms with Crippen molar-refractivity contribution in [1.29, 1.82) is 0 Å². The molecule has 1 atom stereocenters. The average Bonchev–Trinajstić information content (AvgIpc) is 3.49. The zero-order chi connectivity index (χ0) is 24.5. The van der Waals surface area contributed by atoms with Crippen LogP contribution in [0.5, 0.6) is 5.75 Å². The number of hydrogen-bond acceptors (Lipinski definition) is 5. The van der Waals surface area contributed by atoms with Gasteiger partial charge < -0.3 is 10.1 Å². The number of carbonyl (C=O) groups is 1. The van der Waals surface area contributed by atoms with Crippen LogP contribution in [0, 0.1) is 5.92 Å². The lowest BCUT2D eigenvalue weighted by atomic mass is 9.84. The number of nitrogens with zero attached hydrogens (tertiary/aromatic N) is 5. The van der Waals surface area contributed by atoms with Gasteiger partial charge in [0, 0.05) is 40.4 Å². The lowest BCUT2D eigenvalue weighted by Crippen LogP contribution is -2.22. The van der Waals surface area contributed by atoms with Gasteiger partial charge in [-0.05, 0) is 49.8 Å². The minimum atomic E-state index is -0.299. The van der Waals surface area contributed by atoms with E-state index in [-0.39, 0.29) is 5.91 Å². The number of halogens is 1. The van der Waals surface area contributed by atoms with Gasteiger partial charge in [0.25, 0.3) is 5.91 Å². The van der Waals surface area contributed by atoms with Gasteiger partial charge in [-0.15, -0.1) is 0 Å². The molecule has 1 amide bonds. The summed E-state index contributed by atoms with van der Waals surface area (Å²) in [6.07, 6.45) is 10.4. The summed E-state index contributed by atoms with van der Waals surface area (Å²) in [6.45, 7) is 2.31. The third kappa shape index (κ3) is 5.05. The maximum atomic E-state index is 13.1. The Labute approximate surface area is 218 Å². The molecule has 0 bridgehead atoms. The number of rotatable bonds is 6. The van der Waals surface area contributed by atoms with Gasteiger partial charge in [0.2, 0.25) is 0 Å². The number of ether oxygens (including phenoxy) is 1. The van der Waals surface area contributed by atoms with Gasteiger partial charge in [0.15, 0.2) is 0 Å². The summed E-state index contributed by atoms with van der Waals surface area (Å²) in [4.78, 5) is 17.6. The predicted molar refractivity (Wildman–Crippen MR) is 145 cm³/mol. The standard InChI is InChI=1S/C26H29IN6O2/c1-16(27)17-7-9-20(10-8-17)33-15-18-11-24(25(35-3)12-23(18)31-33)30-26(34)22-6-4-5-21(29-22)19-13-28-32(2)14-19/h4-6,11-17,20H,7-10H2,1-3H3,(H,30,34)/t16?,17-,20-. The van der Waals surface area contributed by atoms with Crippen LogP contribution in [-0.4, -0.2) is 41.5 Å². The zero-order valence-electron chi connectivity index (χ0n) is 20.1. The van der Waals surface area contributed by atoms with Crippen LogP contribution in [0.25, 0.3) is 22.2 Å². The van der Waals surface area contributed by atoms with Crippen molar-refractivity contribution in [2.24, 2.45) is 13.0 Å². The Morgan fingerprint density at radius 2 is 2.00 bits per heavy atom. The summed E-state index contributed by atoms with van der Waals surface area (Å²) >= 11 is 2.55. The van der Waals surface area contributed by atoms with E-state index in [1.54, 1.807) is 24.1 Å². The summed E-state index contributed by atoms with van der Waals surface area (Å²) in [5.41, 5.74) is 3.34. The predicted octanol–water partition coefficient (Wildman–Crippen LogP) is 5.65. The van der Waals surface area contributed by atoms with E-state index < -0.39 is 0 Å². The Hall–Kier alpha value is -2.95. The monoisotopic (exact) mass is 584 g/mol. The van der Waals surface area contributed by atoms with Crippen LogP contribution >= 0.6 is 22.6 Å². The van der Waals surface area contributed by atoms with E-state index in [1.807, 2.05) is 37.5 Å². The molecule has 9 heteroatoms. The minimum absolute atomic E-state index is 0.299. The van der Waals surface area contributed by atoms with Crippen LogP contribution in [-0.2, 0) is 7.05 Å². The summed E-state index contributed by atoms with van der Waals surface area (Å²) in [5, 5.41) is 13.0. The second kappa shape index (κ2) is 9.96. The van der Waals surface area contributed by atoms with Gasteiger partial charge in [0.05, 0.1) is 36.2 Å². The van der Waals surface area contributed by atoms with Crippen LogP contribution < -0.4 is 10.1 Å². The average molecular weight is 584 g/mol. The van der Waals surface area contributed by atoms with Gasteiger partial charge in [-0.1, -0.05) is 35.6 Å². The molecule has 1 aliphatic rings.